The standard InChI is InChI=1S/C15H23NO5S/c17-14(18)15(6-2-7-15)12-4-8-16(9-5-12)22(19,20)11-13-3-1-10-21-13/h4,13H,1-3,5-11H2,(H,17,18). The van der Waals surface area contributed by atoms with Crippen LogP contribution in [-0.4, -0.2) is 55.4 Å². The van der Waals surface area contributed by atoms with E-state index < -0.39 is 21.4 Å². The first kappa shape index (κ1) is 16.0. The lowest BCUT2D eigenvalue weighted by Gasteiger charge is -2.42. The Balaban J connectivity index is 1.66. The molecule has 3 rings (SSSR count). The number of carboxylic acid groups (broad SMARTS) is 1. The molecule has 0 radical (unpaired) electrons. The van der Waals surface area contributed by atoms with Crippen LogP contribution in [0.25, 0.3) is 0 Å². The van der Waals surface area contributed by atoms with Crippen molar-refractivity contribution in [1.82, 2.24) is 4.31 Å². The van der Waals surface area contributed by atoms with Crippen molar-refractivity contribution in [3.8, 4) is 0 Å². The molecule has 2 heterocycles. The van der Waals surface area contributed by atoms with Gasteiger partial charge >= 0.3 is 5.97 Å². The maximum atomic E-state index is 12.4. The molecule has 1 saturated carbocycles. The van der Waals surface area contributed by atoms with Crippen molar-refractivity contribution in [3.05, 3.63) is 11.6 Å². The first-order chi connectivity index (χ1) is 10.4. The van der Waals surface area contributed by atoms with Crippen molar-refractivity contribution in [2.45, 2.75) is 44.6 Å². The molecule has 124 valence electrons. The number of hydrogen-bond donors (Lipinski definition) is 1. The summed E-state index contributed by atoms with van der Waals surface area (Å²) in [7, 11) is -3.33. The molecule has 1 aliphatic carbocycles. The second-order valence-electron chi connectivity index (χ2n) is 6.49. The Morgan fingerprint density at radius 3 is 2.64 bits per heavy atom. The minimum atomic E-state index is -3.33. The van der Waals surface area contributed by atoms with Gasteiger partial charge in [0, 0.05) is 19.7 Å². The molecule has 2 aliphatic heterocycles. The first-order valence-electron chi connectivity index (χ1n) is 7.96. The Hall–Kier alpha value is -0.920. The molecule has 22 heavy (non-hydrogen) atoms. The lowest BCUT2D eigenvalue weighted by atomic mass is 9.63. The Morgan fingerprint density at radius 2 is 2.18 bits per heavy atom. The molecule has 0 aromatic carbocycles. The van der Waals surface area contributed by atoms with Gasteiger partial charge in [-0.15, -0.1) is 0 Å². The fraction of sp³-hybridized carbons (Fsp3) is 0.800. The van der Waals surface area contributed by atoms with E-state index in [1.165, 1.54) is 4.31 Å². The van der Waals surface area contributed by atoms with Crippen molar-refractivity contribution in [3.63, 3.8) is 0 Å². The van der Waals surface area contributed by atoms with Crippen LogP contribution >= 0.6 is 0 Å². The van der Waals surface area contributed by atoms with Crippen molar-refractivity contribution >= 4 is 16.0 Å². The first-order valence-corrected chi connectivity index (χ1v) is 9.57. The van der Waals surface area contributed by atoms with Crippen LogP contribution < -0.4 is 0 Å². The minimum absolute atomic E-state index is 0.0419. The lowest BCUT2D eigenvalue weighted by molar-refractivity contribution is -0.151. The molecule has 1 N–H and O–H groups in total. The Morgan fingerprint density at radius 1 is 1.41 bits per heavy atom. The van der Waals surface area contributed by atoms with Gasteiger partial charge in [0.25, 0.3) is 0 Å². The topological polar surface area (TPSA) is 83.9 Å². The highest BCUT2D eigenvalue weighted by Gasteiger charge is 2.48. The van der Waals surface area contributed by atoms with Gasteiger partial charge in [-0.3, -0.25) is 4.79 Å². The van der Waals surface area contributed by atoms with Crippen molar-refractivity contribution in [1.29, 1.82) is 0 Å². The van der Waals surface area contributed by atoms with Crippen LogP contribution in [0.4, 0.5) is 0 Å². The highest BCUT2D eigenvalue weighted by Crippen LogP contribution is 2.49. The quantitative estimate of drug-likeness (QED) is 0.771. The number of hydrogen-bond acceptors (Lipinski definition) is 4. The van der Waals surface area contributed by atoms with E-state index in [4.69, 9.17) is 4.74 Å². The van der Waals surface area contributed by atoms with Gasteiger partial charge in [0.1, 0.15) is 0 Å². The predicted molar refractivity (Wildman–Crippen MR) is 81.0 cm³/mol. The van der Waals surface area contributed by atoms with E-state index in [0.717, 1.165) is 24.8 Å². The average Bonchev–Trinajstić information content (AvgIpc) is 2.89. The van der Waals surface area contributed by atoms with Gasteiger partial charge in [0.15, 0.2) is 0 Å². The molecule has 2 fully saturated rings. The SMILES string of the molecule is O=C(O)C1(C2=CCN(S(=O)(=O)CC3CCCO3)CC2)CCC1. The van der Waals surface area contributed by atoms with Gasteiger partial charge in [0.05, 0.1) is 17.3 Å². The number of sulfonamides is 1. The van der Waals surface area contributed by atoms with Crippen molar-refractivity contribution < 1.29 is 23.1 Å². The lowest BCUT2D eigenvalue weighted by Crippen LogP contribution is -2.45. The van der Waals surface area contributed by atoms with Gasteiger partial charge in [0.2, 0.25) is 10.0 Å². The van der Waals surface area contributed by atoms with Gasteiger partial charge in [-0.05, 0) is 32.1 Å². The molecule has 0 bridgehead atoms. The summed E-state index contributed by atoms with van der Waals surface area (Å²) in [4.78, 5) is 11.5. The summed E-state index contributed by atoms with van der Waals surface area (Å²) in [6, 6.07) is 0. The summed E-state index contributed by atoms with van der Waals surface area (Å²) in [5.41, 5.74) is 0.194. The zero-order valence-corrected chi connectivity index (χ0v) is 13.5. The van der Waals surface area contributed by atoms with Crippen LogP contribution in [0.5, 0.6) is 0 Å². The predicted octanol–water partition coefficient (Wildman–Crippen LogP) is 1.38. The number of carbonyl (C=O) groups is 1. The summed E-state index contributed by atoms with van der Waals surface area (Å²) >= 11 is 0. The molecule has 1 atom stereocenters. The number of ether oxygens (including phenoxy) is 1. The van der Waals surface area contributed by atoms with Crippen LogP contribution in [0.1, 0.15) is 38.5 Å². The van der Waals surface area contributed by atoms with Gasteiger partial charge < -0.3 is 9.84 Å². The van der Waals surface area contributed by atoms with E-state index in [1.54, 1.807) is 0 Å². The van der Waals surface area contributed by atoms with Crippen LogP contribution in [0.2, 0.25) is 0 Å². The molecule has 0 spiro atoms. The highest BCUT2D eigenvalue weighted by atomic mass is 32.2. The highest BCUT2D eigenvalue weighted by molar-refractivity contribution is 7.89. The summed E-state index contributed by atoms with van der Waals surface area (Å²) in [5.74, 6) is -0.721. The molecule has 1 saturated heterocycles. The molecule has 3 aliphatic rings. The third-order valence-corrected chi connectivity index (χ3v) is 7.13. The fourth-order valence-corrected chi connectivity index (χ4v) is 5.27. The largest absolute Gasteiger partial charge is 0.481 e. The van der Waals surface area contributed by atoms with Crippen LogP contribution in [0.3, 0.4) is 0 Å². The van der Waals surface area contributed by atoms with E-state index in [-0.39, 0.29) is 11.9 Å². The fourth-order valence-electron chi connectivity index (χ4n) is 3.66. The number of rotatable bonds is 5. The third kappa shape index (κ3) is 2.81. The maximum Gasteiger partial charge on any atom is 0.313 e. The van der Waals surface area contributed by atoms with Gasteiger partial charge in [-0.2, -0.15) is 4.31 Å². The van der Waals surface area contributed by atoms with Gasteiger partial charge in [-0.1, -0.05) is 18.1 Å². The van der Waals surface area contributed by atoms with E-state index in [0.29, 0.717) is 39.0 Å². The van der Waals surface area contributed by atoms with Crippen molar-refractivity contribution in [2.24, 2.45) is 5.41 Å². The average molecular weight is 329 g/mol. The third-order valence-electron chi connectivity index (χ3n) is 5.22. The zero-order chi connectivity index (χ0) is 15.8. The second kappa shape index (κ2) is 5.94. The van der Waals surface area contributed by atoms with Crippen molar-refractivity contribution in [2.75, 3.05) is 25.4 Å². The van der Waals surface area contributed by atoms with Crippen LogP contribution in [-0.2, 0) is 19.6 Å². The number of nitrogens with zero attached hydrogens (tertiary/aromatic N) is 1. The number of aliphatic carboxylic acids is 1. The van der Waals surface area contributed by atoms with Crippen LogP contribution in [0, 0.1) is 5.41 Å². The smallest absolute Gasteiger partial charge is 0.313 e. The summed E-state index contributed by atoms with van der Waals surface area (Å²) in [5, 5.41) is 9.46. The molecule has 0 aromatic rings. The maximum absolute atomic E-state index is 12.4. The summed E-state index contributed by atoms with van der Waals surface area (Å²) in [6.45, 7) is 1.32. The van der Waals surface area contributed by atoms with E-state index in [2.05, 4.69) is 0 Å². The summed E-state index contributed by atoms with van der Waals surface area (Å²) in [6.07, 6.45) is 6.17. The molecular formula is C15H23NO5S. The Labute approximate surface area is 131 Å². The Bertz CT molecular complexity index is 573. The van der Waals surface area contributed by atoms with Crippen LogP contribution in [0.15, 0.2) is 11.6 Å². The minimum Gasteiger partial charge on any atom is -0.481 e. The molecular weight excluding hydrogens is 306 g/mol. The normalized spacial score (nSPS) is 28.9. The number of carboxylic acids is 1. The molecule has 6 nitrogen and oxygen atoms in total. The molecule has 1 unspecified atom stereocenters. The molecule has 7 heteroatoms. The summed E-state index contributed by atoms with van der Waals surface area (Å²) < 4.78 is 31.7. The van der Waals surface area contributed by atoms with E-state index in [1.807, 2.05) is 6.08 Å². The Kier molecular flexibility index (Phi) is 4.31. The second-order valence-corrected chi connectivity index (χ2v) is 8.51. The van der Waals surface area contributed by atoms with Gasteiger partial charge in [-0.25, -0.2) is 8.42 Å². The van der Waals surface area contributed by atoms with E-state index >= 15 is 0 Å². The monoisotopic (exact) mass is 329 g/mol. The molecule has 0 aromatic heterocycles. The molecule has 0 amide bonds. The van der Waals surface area contributed by atoms with E-state index in [9.17, 15) is 18.3 Å². The zero-order valence-electron chi connectivity index (χ0n) is 12.7.